The zero-order valence-electron chi connectivity index (χ0n) is 63.9. The molecule has 0 amide bonds. The molecule has 101 heavy (non-hydrogen) atoms. The standard InChI is InChI=1S/2C42H70O7S.Ca/c2*1-3-5-7-9-11-13-15-17-19-21-23-25-27-29-31-35-48-41(43)39-34-33-38(50(45,46)47)37-40(39)42(44)49-36-32-30-28-26-24-22-20-18-16-14-12-10-8-6-4-2;/h2*15-18,33-34,37H,3-14,19-32,35-36H2,1-2H3,(H,45,46,47);/q;;+2/p-2/b2*17-15+,18-16+;. The molecule has 0 aliphatic rings. The smallest absolute Gasteiger partial charge is 0.744 e. The van der Waals surface area contributed by atoms with Gasteiger partial charge in [-0.2, -0.15) is 0 Å². The number of allylic oxidation sites excluding steroid dienone is 8. The largest absolute Gasteiger partial charge is 2.00 e. The average molecular weight is 1480 g/mol. The maximum absolute atomic E-state index is 12.9. The first-order valence-electron chi connectivity index (χ1n) is 40.1. The molecule has 0 atom stereocenters. The van der Waals surface area contributed by atoms with Gasteiger partial charge in [0.1, 0.15) is 20.2 Å². The quantitative estimate of drug-likeness (QED) is 0.0150. The van der Waals surface area contributed by atoms with Gasteiger partial charge in [0.05, 0.1) is 58.5 Å². The second-order valence-corrected chi connectivity index (χ2v) is 30.0. The minimum atomic E-state index is -4.82. The van der Waals surface area contributed by atoms with Gasteiger partial charge in [0.15, 0.2) is 0 Å². The third kappa shape index (κ3) is 57.3. The van der Waals surface area contributed by atoms with Crippen LogP contribution in [0.1, 0.15) is 403 Å². The van der Waals surface area contributed by atoms with Crippen molar-refractivity contribution in [1.29, 1.82) is 0 Å². The number of rotatable bonds is 66. The Kier molecular flexibility index (Phi) is 66.9. The van der Waals surface area contributed by atoms with Gasteiger partial charge in [-0.3, -0.25) is 0 Å². The fraction of sp³-hybridized carbons (Fsp3) is 0.714. The van der Waals surface area contributed by atoms with Gasteiger partial charge in [-0.25, -0.2) is 36.0 Å². The van der Waals surface area contributed by atoms with Crippen LogP contribution in [0.5, 0.6) is 0 Å². The molecule has 14 nitrogen and oxygen atoms in total. The molecule has 0 bridgehead atoms. The van der Waals surface area contributed by atoms with Crippen molar-refractivity contribution in [2.24, 2.45) is 0 Å². The van der Waals surface area contributed by atoms with Crippen molar-refractivity contribution >= 4 is 81.9 Å². The van der Waals surface area contributed by atoms with Gasteiger partial charge in [-0.15, -0.1) is 0 Å². The second kappa shape index (κ2) is 69.4. The van der Waals surface area contributed by atoms with E-state index < -0.39 is 53.9 Å². The van der Waals surface area contributed by atoms with Crippen molar-refractivity contribution in [2.75, 3.05) is 26.4 Å². The van der Waals surface area contributed by atoms with E-state index >= 15 is 0 Å². The molecule has 0 aliphatic carbocycles. The molecule has 572 valence electrons. The number of hydrogen-bond donors (Lipinski definition) is 0. The van der Waals surface area contributed by atoms with Crippen LogP contribution < -0.4 is 0 Å². The molecular weight excluding hydrogens is 1340 g/mol. The van der Waals surface area contributed by atoms with Crippen LogP contribution in [0.25, 0.3) is 0 Å². The van der Waals surface area contributed by atoms with Crippen molar-refractivity contribution in [3.63, 3.8) is 0 Å². The first kappa shape index (κ1) is 97.4. The van der Waals surface area contributed by atoms with Crippen LogP contribution in [0.4, 0.5) is 0 Å². The Morgan fingerprint density at radius 3 is 0.624 bits per heavy atom. The summed E-state index contributed by atoms with van der Waals surface area (Å²) in [5, 5.41) is 0. The monoisotopic (exact) mass is 1470 g/mol. The first-order chi connectivity index (χ1) is 48.6. The van der Waals surface area contributed by atoms with Crippen LogP contribution in [-0.4, -0.2) is 114 Å². The first-order valence-corrected chi connectivity index (χ1v) is 42.9. The molecule has 0 N–H and O–H groups in total. The zero-order valence-corrected chi connectivity index (χ0v) is 67.8. The van der Waals surface area contributed by atoms with Crippen molar-refractivity contribution < 1.29 is 64.1 Å². The Bertz CT molecular complexity index is 2540. The molecule has 0 unspecified atom stereocenters. The normalized spacial score (nSPS) is 11.8. The SMILES string of the molecule is CCCCCCC/C=C/CCCCCCCCOC(=O)c1ccc(S(=O)(=O)[O-])cc1C(=O)OCCCCCCCC/C=C/CCCCCCC.CCCCCCC/C=C/CCCCCCCCOC(=O)c1ccc(S(=O)(=O)[O-])cc1C(=O)OCCCCCCCC/C=C/CCCCCCC.[Ca+2]. The molecule has 0 aromatic heterocycles. The Hall–Kier alpha value is -3.64. The summed E-state index contributed by atoms with van der Waals surface area (Å²) in [5.74, 6) is -3.13. The van der Waals surface area contributed by atoms with Crippen molar-refractivity contribution in [3.05, 3.63) is 107 Å². The average Bonchev–Trinajstić information content (AvgIpc) is 0.819. The van der Waals surface area contributed by atoms with E-state index in [0.29, 0.717) is 25.7 Å². The summed E-state index contributed by atoms with van der Waals surface area (Å²) < 4.78 is 91.2. The topological polar surface area (TPSA) is 220 Å². The summed E-state index contributed by atoms with van der Waals surface area (Å²) in [6, 6.07) is 6.22. The number of ether oxygens (including phenoxy) is 4. The van der Waals surface area contributed by atoms with Crippen LogP contribution in [0.2, 0.25) is 0 Å². The molecule has 2 aromatic carbocycles. The van der Waals surface area contributed by atoms with Gasteiger partial charge in [0, 0.05) is 0 Å². The third-order valence-corrected chi connectivity index (χ3v) is 19.7. The van der Waals surface area contributed by atoms with Crippen molar-refractivity contribution in [3.8, 4) is 0 Å². The van der Waals surface area contributed by atoms with Gasteiger partial charge < -0.3 is 28.1 Å². The van der Waals surface area contributed by atoms with E-state index in [0.717, 1.165) is 139 Å². The summed E-state index contributed by atoms with van der Waals surface area (Å²) in [6.07, 6.45) is 78.6. The summed E-state index contributed by atoms with van der Waals surface area (Å²) >= 11 is 0. The number of benzene rings is 2. The van der Waals surface area contributed by atoms with E-state index in [-0.39, 0.29) is 86.4 Å². The van der Waals surface area contributed by atoms with E-state index in [4.69, 9.17) is 18.9 Å². The fourth-order valence-corrected chi connectivity index (χ4v) is 12.7. The fourth-order valence-electron chi connectivity index (χ4n) is 11.7. The molecule has 17 heteroatoms. The Labute approximate surface area is 645 Å². The Balaban J connectivity index is 0.00000196. The van der Waals surface area contributed by atoms with Crippen LogP contribution in [-0.2, 0) is 39.2 Å². The summed E-state index contributed by atoms with van der Waals surface area (Å²) in [6.45, 7) is 9.66. The molecule has 0 heterocycles. The molecule has 0 aliphatic heterocycles. The number of hydrogen-bond acceptors (Lipinski definition) is 14. The predicted octanol–water partition coefficient (Wildman–Crippen LogP) is 24.0. The zero-order chi connectivity index (χ0) is 73.1. The van der Waals surface area contributed by atoms with E-state index in [1.54, 1.807) is 0 Å². The molecule has 2 aromatic rings. The van der Waals surface area contributed by atoms with Gasteiger partial charge >= 0.3 is 61.6 Å². The molecule has 0 saturated carbocycles. The molecule has 0 fully saturated rings. The van der Waals surface area contributed by atoms with Crippen molar-refractivity contribution in [2.45, 2.75) is 371 Å². The van der Waals surface area contributed by atoms with Gasteiger partial charge in [0.2, 0.25) is 0 Å². The Morgan fingerprint density at radius 1 is 0.267 bits per heavy atom. The molecule has 0 saturated heterocycles. The maximum atomic E-state index is 12.9. The van der Waals surface area contributed by atoms with Crippen LogP contribution in [0, 0.1) is 0 Å². The number of esters is 4. The predicted molar refractivity (Wildman–Crippen MR) is 415 cm³/mol. The summed E-state index contributed by atoms with van der Waals surface area (Å²) in [4.78, 5) is 50.3. The second-order valence-electron chi connectivity index (χ2n) is 27.2. The minimum absolute atomic E-state index is 0. The maximum Gasteiger partial charge on any atom is 2.00 e. The molecule has 2 rings (SSSR count). The number of carbonyl (C=O) groups is 4. The number of carbonyl (C=O) groups excluding carboxylic acids is 4. The van der Waals surface area contributed by atoms with Crippen LogP contribution in [0.3, 0.4) is 0 Å². The van der Waals surface area contributed by atoms with E-state index in [9.17, 15) is 45.1 Å². The van der Waals surface area contributed by atoms with Gasteiger partial charge in [0.25, 0.3) is 0 Å². The molecule has 0 spiro atoms. The summed E-state index contributed by atoms with van der Waals surface area (Å²) in [7, 11) is -9.63. The van der Waals surface area contributed by atoms with Crippen molar-refractivity contribution in [1.82, 2.24) is 0 Å². The Morgan fingerprint density at radius 2 is 0.436 bits per heavy atom. The minimum Gasteiger partial charge on any atom is -0.744 e. The van der Waals surface area contributed by atoms with Crippen LogP contribution in [0.15, 0.2) is 94.8 Å². The molecule has 0 radical (unpaired) electrons. The van der Waals surface area contributed by atoms with Gasteiger partial charge in [-0.1, -0.05) is 282 Å². The van der Waals surface area contributed by atoms with E-state index in [2.05, 4.69) is 76.3 Å². The molecular formula is C84H138CaO14S2. The number of unbranched alkanes of at least 4 members (excludes halogenated alkanes) is 44. The van der Waals surface area contributed by atoms with E-state index in [1.807, 2.05) is 0 Å². The summed E-state index contributed by atoms with van der Waals surface area (Å²) in [5.41, 5.74) is -0.707. The van der Waals surface area contributed by atoms with Gasteiger partial charge in [-0.05, 0) is 165 Å². The van der Waals surface area contributed by atoms with Crippen LogP contribution >= 0.6 is 0 Å². The third-order valence-electron chi connectivity index (χ3n) is 18.0. The van der Waals surface area contributed by atoms with E-state index in [1.165, 1.54) is 205 Å².